The number of carboxylic acid groups (broad SMARTS) is 1. The van der Waals surface area contributed by atoms with Crippen LogP contribution < -0.4 is 17.2 Å². The van der Waals surface area contributed by atoms with Gasteiger partial charge >= 0.3 is 5.97 Å². The highest BCUT2D eigenvalue weighted by atomic mass is 16.4. The van der Waals surface area contributed by atoms with Crippen LogP contribution in [0.2, 0.25) is 0 Å². The van der Waals surface area contributed by atoms with E-state index in [0.717, 1.165) is 6.42 Å². The third-order valence-corrected chi connectivity index (χ3v) is 6.04. The molecule has 0 aromatic heterocycles. The molecule has 0 aliphatic rings. The van der Waals surface area contributed by atoms with E-state index in [4.69, 9.17) is 17.2 Å². The molecule has 0 saturated carbocycles. The van der Waals surface area contributed by atoms with Gasteiger partial charge in [0.25, 0.3) is 0 Å². The molecule has 0 rings (SSSR count). The summed E-state index contributed by atoms with van der Waals surface area (Å²) in [5.41, 5.74) is 16.7. The van der Waals surface area contributed by atoms with E-state index in [1.54, 1.807) is 0 Å². The maximum absolute atomic E-state index is 13.4. The molecule has 4 amide bonds. The number of unbranched alkanes of at least 4 members (excludes halogenated alkanes) is 3. The van der Waals surface area contributed by atoms with Crippen LogP contribution in [0.1, 0.15) is 59.3 Å². The van der Waals surface area contributed by atoms with Crippen molar-refractivity contribution in [3.05, 3.63) is 0 Å². The third-order valence-electron chi connectivity index (χ3n) is 6.04. The van der Waals surface area contributed by atoms with Gasteiger partial charge in [-0.15, -0.1) is 0 Å². The second-order valence-electron chi connectivity index (χ2n) is 10.1. The summed E-state index contributed by atoms with van der Waals surface area (Å²) in [5, 5.41) is 9.26. The monoisotopic (exact) mass is 557 g/mol. The summed E-state index contributed by atoms with van der Waals surface area (Å²) < 4.78 is 0. The summed E-state index contributed by atoms with van der Waals surface area (Å²) in [6.45, 7) is 6.54. The quantitative estimate of drug-likeness (QED) is 0.124. The molecule has 7 N–H and O–H groups in total. The highest BCUT2D eigenvalue weighted by molar-refractivity contribution is 5.90. The van der Waals surface area contributed by atoms with Crippen molar-refractivity contribution < 1.29 is 29.1 Å². The van der Waals surface area contributed by atoms with Crippen molar-refractivity contribution in [2.24, 2.45) is 23.1 Å². The molecule has 0 aromatic rings. The molecule has 0 saturated heterocycles. The number of nitrogens with two attached hydrogens (primary N) is 3. The Morgan fingerprint density at radius 1 is 0.590 bits per heavy atom. The number of rotatable bonds is 22. The first-order valence-corrected chi connectivity index (χ1v) is 13.9. The van der Waals surface area contributed by atoms with E-state index in [1.807, 2.05) is 13.8 Å². The lowest BCUT2D eigenvalue weighted by Crippen LogP contribution is -2.51. The summed E-state index contributed by atoms with van der Waals surface area (Å²) in [4.78, 5) is 68.5. The van der Waals surface area contributed by atoms with Crippen LogP contribution in [0.4, 0.5) is 0 Å². The Labute approximate surface area is 233 Å². The predicted octanol–water partition coefficient (Wildman–Crippen LogP) is -0.722. The number of aliphatic carboxylic acids is 1. The number of hydrogen-bond donors (Lipinski definition) is 4. The van der Waals surface area contributed by atoms with Crippen molar-refractivity contribution in [3.8, 4) is 0 Å². The fraction of sp³-hybridized carbons (Fsp3) is 0.808. The molecule has 0 aliphatic heterocycles. The van der Waals surface area contributed by atoms with Gasteiger partial charge in [0.05, 0.1) is 19.6 Å². The van der Waals surface area contributed by atoms with Crippen LogP contribution in [0.15, 0.2) is 0 Å². The first-order valence-electron chi connectivity index (χ1n) is 13.9. The van der Waals surface area contributed by atoms with Crippen LogP contribution in [-0.2, 0) is 24.0 Å². The minimum absolute atomic E-state index is 0.0608. The summed E-state index contributed by atoms with van der Waals surface area (Å²) in [6, 6.07) is 0. The van der Waals surface area contributed by atoms with E-state index in [2.05, 4.69) is 0 Å². The zero-order valence-corrected chi connectivity index (χ0v) is 24.1. The van der Waals surface area contributed by atoms with Gasteiger partial charge < -0.3 is 41.9 Å². The Kier molecular flexibility index (Phi) is 19.6. The lowest BCUT2D eigenvalue weighted by Gasteiger charge is -2.31. The number of hydrogen-bond acceptors (Lipinski definition) is 8. The maximum Gasteiger partial charge on any atom is 0.323 e. The largest absolute Gasteiger partial charge is 0.480 e. The van der Waals surface area contributed by atoms with E-state index in [-0.39, 0.29) is 50.5 Å². The summed E-state index contributed by atoms with van der Waals surface area (Å²) >= 11 is 0. The molecule has 0 bridgehead atoms. The molecule has 0 fully saturated rings. The van der Waals surface area contributed by atoms with Gasteiger partial charge in [-0.3, -0.25) is 24.0 Å². The molecule has 39 heavy (non-hydrogen) atoms. The average Bonchev–Trinajstić information content (AvgIpc) is 2.85. The van der Waals surface area contributed by atoms with E-state index in [1.165, 1.54) is 26.5 Å². The Bertz CT molecular complexity index is 765. The Balaban J connectivity index is 5.66. The normalized spacial score (nSPS) is 10.8. The standard InChI is InChI=1S/C26H51N7O6/c1-21(2)16-33(25(37)17-30(22(3)34)13-7-4-10-27)19-24(36)31(14-8-5-11-28)18-23(35)32(20-26(38)39)15-9-6-12-29/h21H,4-20,27-29H2,1-3H3,(H,38,39). The molecule has 0 aromatic carbocycles. The molecular formula is C26H51N7O6. The summed E-state index contributed by atoms with van der Waals surface area (Å²) in [5.74, 6) is -2.59. The lowest BCUT2D eigenvalue weighted by atomic mass is 10.2. The molecule has 0 atom stereocenters. The van der Waals surface area contributed by atoms with Crippen LogP contribution >= 0.6 is 0 Å². The van der Waals surface area contributed by atoms with E-state index in [0.29, 0.717) is 64.8 Å². The molecule has 0 heterocycles. The molecule has 0 radical (unpaired) electrons. The van der Waals surface area contributed by atoms with Crippen LogP contribution in [0.25, 0.3) is 0 Å². The SMILES string of the molecule is CC(=O)N(CCCCN)CC(=O)N(CC(=O)N(CCCCN)CC(=O)N(CCCCN)CC(=O)O)CC(C)C. The van der Waals surface area contributed by atoms with Gasteiger partial charge in [0.1, 0.15) is 6.54 Å². The molecule has 13 heteroatoms. The van der Waals surface area contributed by atoms with Crippen LogP contribution in [0.5, 0.6) is 0 Å². The molecular weight excluding hydrogens is 506 g/mol. The number of carbonyl (C=O) groups is 5. The third kappa shape index (κ3) is 16.7. The molecule has 13 nitrogen and oxygen atoms in total. The van der Waals surface area contributed by atoms with Gasteiger partial charge in [0.2, 0.25) is 23.6 Å². The molecule has 0 aliphatic carbocycles. The van der Waals surface area contributed by atoms with E-state index >= 15 is 0 Å². The van der Waals surface area contributed by atoms with Gasteiger partial charge in [0, 0.05) is 33.1 Å². The Morgan fingerprint density at radius 3 is 1.33 bits per heavy atom. The fourth-order valence-corrected chi connectivity index (χ4v) is 3.92. The Morgan fingerprint density at radius 2 is 0.949 bits per heavy atom. The van der Waals surface area contributed by atoms with Crippen molar-refractivity contribution in [3.63, 3.8) is 0 Å². The zero-order chi connectivity index (χ0) is 29.8. The lowest BCUT2D eigenvalue weighted by molar-refractivity contribution is -0.148. The van der Waals surface area contributed by atoms with E-state index in [9.17, 15) is 29.1 Å². The predicted molar refractivity (Wildman–Crippen MR) is 149 cm³/mol. The second kappa shape index (κ2) is 21.1. The minimum Gasteiger partial charge on any atom is -0.480 e. The first kappa shape index (κ1) is 36.2. The zero-order valence-electron chi connectivity index (χ0n) is 24.1. The van der Waals surface area contributed by atoms with Gasteiger partial charge in [0.15, 0.2) is 0 Å². The first-order chi connectivity index (χ1) is 18.5. The van der Waals surface area contributed by atoms with Crippen molar-refractivity contribution in [1.82, 2.24) is 19.6 Å². The minimum atomic E-state index is -1.15. The molecule has 0 spiro atoms. The molecule has 226 valence electrons. The smallest absolute Gasteiger partial charge is 0.323 e. The van der Waals surface area contributed by atoms with Gasteiger partial charge in [-0.05, 0) is 64.1 Å². The van der Waals surface area contributed by atoms with Crippen molar-refractivity contribution >= 4 is 29.6 Å². The van der Waals surface area contributed by atoms with Crippen LogP contribution in [0.3, 0.4) is 0 Å². The van der Waals surface area contributed by atoms with Gasteiger partial charge in [-0.1, -0.05) is 13.8 Å². The van der Waals surface area contributed by atoms with Gasteiger partial charge in [-0.25, -0.2) is 0 Å². The highest BCUT2D eigenvalue weighted by Gasteiger charge is 2.27. The van der Waals surface area contributed by atoms with Crippen molar-refractivity contribution in [2.45, 2.75) is 59.3 Å². The fourth-order valence-electron chi connectivity index (χ4n) is 3.92. The molecule has 0 unspecified atom stereocenters. The number of amides is 4. The Hall–Kier alpha value is -2.77. The maximum atomic E-state index is 13.4. The van der Waals surface area contributed by atoms with Gasteiger partial charge in [-0.2, -0.15) is 0 Å². The average molecular weight is 558 g/mol. The van der Waals surface area contributed by atoms with Crippen molar-refractivity contribution in [2.75, 3.05) is 72.0 Å². The van der Waals surface area contributed by atoms with Crippen molar-refractivity contribution in [1.29, 1.82) is 0 Å². The van der Waals surface area contributed by atoms with Crippen LogP contribution in [0, 0.1) is 5.92 Å². The number of nitrogens with zero attached hydrogens (tertiary/aromatic N) is 4. The topological polar surface area (TPSA) is 197 Å². The second-order valence-corrected chi connectivity index (χ2v) is 10.1. The summed E-state index contributed by atoms with van der Waals surface area (Å²) in [6.07, 6.45) is 3.77. The number of carboxylic acids is 1. The van der Waals surface area contributed by atoms with Crippen LogP contribution in [-0.4, -0.2) is 126 Å². The number of carbonyl (C=O) groups excluding carboxylic acids is 4. The van der Waals surface area contributed by atoms with E-state index < -0.39 is 24.3 Å². The summed E-state index contributed by atoms with van der Waals surface area (Å²) in [7, 11) is 0. The highest BCUT2D eigenvalue weighted by Crippen LogP contribution is 2.07.